The van der Waals surface area contributed by atoms with Gasteiger partial charge >= 0.3 is 5.97 Å². The van der Waals surface area contributed by atoms with E-state index in [2.05, 4.69) is 27.5 Å². The minimum Gasteiger partial charge on any atom is -0.478 e. The number of thioether (sulfide) groups is 1. The summed E-state index contributed by atoms with van der Waals surface area (Å²) in [6, 6.07) is 5.17. The van der Waals surface area contributed by atoms with E-state index in [4.69, 9.17) is 5.11 Å². The molecule has 0 aliphatic carbocycles. The Morgan fingerprint density at radius 3 is 2.83 bits per heavy atom. The molecule has 0 saturated heterocycles. The van der Waals surface area contributed by atoms with Crippen molar-refractivity contribution in [2.45, 2.75) is 19.3 Å². The van der Waals surface area contributed by atoms with Gasteiger partial charge in [0.15, 0.2) is 0 Å². The lowest BCUT2D eigenvalue weighted by Crippen LogP contribution is -2.07. The zero-order valence-corrected chi connectivity index (χ0v) is 12.8. The number of nitrogens with one attached hydrogen (secondary N) is 1. The lowest BCUT2D eigenvalue weighted by molar-refractivity contribution is 0.0698. The van der Waals surface area contributed by atoms with Crippen LogP contribution >= 0.6 is 27.7 Å². The van der Waals surface area contributed by atoms with E-state index in [-0.39, 0.29) is 0 Å². The molecule has 0 fully saturated rings. The molecule has 0 aliphatic heterocycles. The molecule has 0 unspecified atom stereocenters. The van der Waals surface area contributed by atoms with Crippen LogP contribution in [-0.2, 0) is 0 Å². The molecule has 1 aromatic rings. The molecule has 1 aromatic carbocycles. The van der Waals surface area contributed by atoms with Crippen molar-refractivity contribution in [1.29, 1.82) is 0 Å². The Bertz CT molecular complexity index is 399. The first-order chi connectivity index (χ1) is 8.65. The average molecular weight is 332 g/mol. The number of hydrogen-bond acceptors (Lipinski definition) is 3. The maximum atomic E-state index is 11.0. The van der Waals surface area contributed by atoms with Crippen LogP contribution in [0, 0.1) is 0 Å². The van der Waals surface area contributed by atoms with Crippen molar-refractivity contribution in [3.8, 4) is 0 Å². The third-order valence-electron chi connectivity index (χ3n) is 2.55. The second-order valence-corrected chi connectivity index (χ2v) is 5.88. The van der Waals surface area contributed by atoms with Gasteiger partial charge in [-0.2, -0.15) is 11.8 Å². The van der Waals surface area contributed by atoms with Crippen LogP contribution in [0.25, 0.3) is 0 Å². The molecule has 0 aromatic heterocycles. The van der Waals surface area contributed by atoms with Crippen LogP contribution in [0.2, 0.25) is 0 Å². The first kappa shape index (κ1) is 15.4. The quantitative estimate of drug-likeness (QED) is 0.704. The monoisotopic (exact) mass is 331 g/mol. The van der Waals surface area contributed by atoms with Gasteiger partial charge in [-0.3, -0.25) is 0 Å². The smallest absolute Gasteiger partial charge is 0.337 e. The van der Waals surface area contributed by atoms with Crippen molar-refractivity contribution < 1.29 is 9.90 Å². The Labute approximate surface area is 120 Å². The highest BCUT2D eigenvalue weighted by atomic mass is 79.9. The molecule has 100 valence electrons. The molecule has 0 atom stereocenters. The molecule has 0 saturated carbocycles. The number of carboxylic acid groups (broad SMARTS) is 1. The van der Waals surface area contributed by atoms with Crippen LogP contribution in [0.3, 0.4) is 0 Å². The van der Waals surface area contributed by atoms with Gasteiger partial charge < -0.3 is 10.4 Å². The van der Waals surface area contributed by atoms with Crippen LogP contribution in [-0.4, -0.2) is 29.6 Å². The molecule has 5 heteroatoms. The van der Waals surface area contributed by atoms with E-state index < -0.39 is 5.97 Å². The normalized spacial score (nSPS) is 10.3. The molecule has 18 heavy (non-hydrogen) atoms. The van der Waals surface area contributed by atoms with E-state index in [1.807, 2.05) is 17.8 Å². The number of unbranched alkanes of at least 4 members (excludes halogenated alkanes) is 2. The Morgan fingerprint density at radius 2 is 2.17 bits per heavy atom. The summed E-state index contributed by atoms with van der Waals surface area (Å²) >= 11 is 5.21. The minimum atomic E-state index is -0.896. The third-order valence-corrected chi connectivity index (χ3v) is 3.74. The molecule has 0 amide bonds. The Hall–Kier alpha value is -0.680. The lowest BCUT2D eigenvalue weighted by atomic mass is 10.1. The molecule has 0 bridgehead atoms. The molecule has 1 rings (SSSR count). The van der Waals surface area contributed by atoms with E-state index in [9.17, 15) is 4.79 Å². The van der Waals surface area contributed by atoms with E-state index in [0.717, 1.165) is 17.4 Å². The number of anilines is 1. The summed E-state index contributed by atoms with van der Waals surface area (Å²) in [6.07, 6.45) is 5.56. The van der Waals surface area contributed by atoms with Gasteiger partial charge in [-0.25, -0.2) is 4.79 Å². The van der Waals surface area contributed by atoms with Crippen molar-refractivity contribution in [3.63, 3.8) is 0 Å². The van der Waals surface area contributed by atoms with Crippen molar-refractivity contribution in [2.24, 2.45) is 0 Å². The van der Waals surface area contributed by atoms with Gasteiger partial charge in [0, 0.05) is 16.7 Å². The first-order valence-corrected chi connectivity index (χ1v) is 8.09. The highest BCUT2D eigenvalue weighted by Gasteiger charge is 2.09. The van der Waals surface area contributed by atoms with Crippen molar-refractivity contribution >= 4 is 39.3 Å². The fourth-order valence-corrected chi connectivity index (χ4v) is 2.47. The molecule has 0 radical (unpaired) electrons. The summed E-state index contributed by atoms with van der Waals surface area (Å²) in [5.41, 5.74) is 1.00. The Kier molecular flexibility index (Phi) is 7.20. The number of hydrogen-bond donors (Lipinski definition) is 2. The topological polar surface area (TPSA) is 49.3 Å². The average Bonchev–Trinajstić information content (AvgIpc) is 2.33. The summed E-state index contributed by atoms with van der Waals surface area (Å²) in [4.78, 5) is 11.0. The fraction of sp³-hybridized carbons (Fsp3) is 0.462. The van der Waals surface area contributed by atoms with Gasteiger partial charge in [0.2, 0.25) is 0 Å². The highest BCUT2D eigenvalue weighted by Crippen LogP contribution is 2.21. The third kappa shape index (κ3) is 5.31. The van der Waals surface area contributed by atoms with Crippen LogP contribution in [0.4, 0.5) is 5.69 Å². The number of carbonyl (C=O) groups is 1. The first-order valence-electron chi connectivity index (χ1n) is 5.91. The van der Waals surface area contributed by atoms with Gasteiger partial charge in [-0.05, 0) is 43.0 Å². The SMILES string of the molecule is CSCCCCCNc1cc(Br)ccc1C(=O)O. The molecular formula is C13H18BrNO2S. The number of benzene rings is 1. The van der Waals surface area contributed by atoms with Crippen LogP contribution in [0.15, 0.2) is 22.7 Å². The summed E-state index contributed by atoms with van der Waals surface area (Å²) in [5.74, 6) is 0.296. The minimum absolute atomic E-state index is 0.322. The van der Waals surface area contributed by atoms with Gasteiger partial charge in [-0.15, -0.1) is 0 Å². The lowest BCUT2D eigenvalue weighted by Gasteiger charge is -2.10. The summed E-state index contributed by atoms with van der Waals surface area (Å²) in [5, 5.41) is 12.3. The predicted octanol–water partition coefficient (Wildman–Crippen LogP) is 4.09. The highest BCUT2D eigenvalue weighted by molar-refractivity contribution is 9.10. The van der Waals surface area contributed by atoms with Crippen molar-refractivity contribution in [1.82, 2.24) is 0 Å². The standard InChI is InChI=1S/C13H18BrNO2S/c1-18-8-4-2-3-7-15-12-9-10(14)5-6-11(12)13(16)17/h5-6,9,15H,2-4,7-8H2,1H3,(H,16,17). The maximum Gasteiger partial charge on any atom is 0.337 e. The zero-order chi connectivity index (χ0) is 13.4. The second kappa shape index (κ2) is 8.43. The largest absolute Gasteiger partial charge is 0.478 e. The zero-order valence-electron chi connectivity index (χ0n) is 10.4. The van der Waals surface area contributed by atoms with Crippen molar-refractivity contribution in [2.75, 3.05) is 23.9 Å². The van der Waals surface area contributed by atoms with E-state index in [1.54, 1.807) is 12.1 Å². The van der Waals surface area contributed by atoms with E-state index in [0.29, 0.717) is 11.3 Å². The molecule has 0 heterocycles. The Morgan fingerprint density at radius 1 is 1.39 bits per heavy atom. The summed E-state index contributed by atoms with van der Waals surface area (Å²) in [6.45, 7) is 0.811. The van der Waals surface area contributed by atoms with Gasteiger partial charge in [-0.1, -0.05) is 22.4 Å². The van der Waals surface area contributed by atoms with E-state index in [1.165, 1.54) is 18.6 Å². The second-order valence-electron chi connectivity index (χ2n) is 3.98. The number of rotatable bonds is 8. The Balaban J connectivity index is 2.45. The van der Waals surface area contributed by atoms with Crippen molar-refractivity contribution in [3.05, 3.63) is 28.2 Å². The predicted molar refractivity (Wildman–Crippen MR) is 81.8 cm³/mol. The van der Waals surface area contributed by atoms with E-state index >= 15 is 0 Å². The molecular weight excluding hydrogens is 314 g/mol. The number of carboxylic acids is 1. The van der Waals surface area contributed by atoms with Crippen LogP contribution < -0.4 is 5.32 Å². The molecule has 0 spiro atoms. The van der Waals surface area contributed by atoms with Gasteiger partial charge in [0.05, 0.1) is 5.56 Å². The summed E-state index contributed by atoms with van der Waals surface area (Å²) in [7, 11) is 0. The van der Waals surface area contributed by atoms with Crippen LogP contribution in [0.5, 0.6) is 0 Å². The maximum absolute atomic E-state index is 11.0. The molecule has 0 aliphatic rings. The number of halogens is 1. The molecule has 2 N–H and O–H groups in total. The summed E-state index contributed by atoms with van der Waals surface area (Å²) < 4.78 is 0.886. The van der Waals surface area contributed by atoms with Gasteiger partial charge in [0.25, 0.3) is 0 Å². The number of aromatic carboxylic acids is 1. The van der Waals surface area contributed by atoms with Crippen LogP contribution in [0.1, 0.15) is 29.6 Å². The van der Waals surface area contributed by atoms with Gasteiger partial charge in [0.1, 0.15) is 0 Å². The fourth-order valence-electron chi connectivity index (χ4n) is 1.62. The molecule has 3 nitrogen and oxygen atoms in total.